The number of carbonyl (C=O) groups is 1. The highest BCUT2D eigenvalue weighted by molar-refractivity contribution is 7.99. The second-order valence-electron chi connectivity index (χ2n) is 4.56. The molecular weight excluding hydrogens is 302 g/mol. The van der Waals surface area contributed by atoms with E-state index in [0.717, 1.165) is 25.8 Å². The van der Waals surface area contributed by atoms with E-state index in [4.69, 9.17) is 0 Å². The molecule has 0 bridgehead atoms. The lowest BCUT2D eigenvalue weighted by molar-refractivity contribution is -0.114. The number of amides is 1. The Morgan fingerprint density at radius 2 is 2.00 bits per heavy atom. The summed E-state index contributed by atoms with van der Waals surface area (Å²) in [6, 6.07) is 9.85. The summed E-state index contributed by atoms with van der Waals surface area (Å²) in [7, 11) is 0. The van der Waals surface area contributed by atoms with Gasteiger partial charge in [0.2, 0.25) is 5.91 Å². The number of benzene rings is 1. The van der Waals surface area contributed by atoms with Crippen molar-refractivity contribution in [1.29, 1.82) is 0 Å². The van der Waals surface area contributed by atoms with Crippen molar-refractivity contribution in [1.82, 2.24) is 9.97 Å². The van der Waals surface area contributed by atoms with E-state index in [9.17, 15) is 4.79 Å². The number of carbonyl (C=O) groups excluding carboxylic acids is 1. The average Bonchev–Trinajstić information content (AvgIpc) is 2.82. The smallest absolute Gasteiger partial charge is 0.221 e. The normalized spacial score (nSPS) is 10.8. The molecule has 1 N–H and O–H groups in total. The van der Waals surface area contributed by atoms with Crippen LogP contribution in [-0.2, 0) is 4.79 Å². The van der Waals surface area contributed by atoms with Gasteiger partial charge in [-0.25, -0.2) is 9.97 Å². The van der Waals surface area contributed by atoms with E-state index in [-0.39, 0.29) is 5.91 Å². The molecule has 2 heterocycles. The second-order valence-corrected chi connectivity index (χ2v) is 6.86. The van der Waals surface area contributed by atoms with Gasteiger partial charge in [-0.15, -0.1) is 11.3 Å². The summed E-state index contributed by atoms with van der Waals surface area (Å²) in [5.41, 5.74) is 0.797. The predicted molar refractivity (Wildman–Crippen MR) is 87.0 cm³/mol. The van der Waals surface area contributed by atoms with Crippen molar-refractivity contribution in [2.24, 2.45) is 0 Å². The summed E-state index contributed by atoms with van der Waals surface area (Å²) in [5.74, 6) is -0.0679. The Morgan fingerprint density at radius 3 is 2.71 bits per heavy atom. The SMILES string of the molecule is CC(=O)Nc1ccc(Sc2ncnc3sc(C)cc23)cc1. The number of hydrogen-bond acceptors (Lipinski definition) is 5. The molecule has 0 atom stereocenters. The fourth-order valence-electron chi connectivity index (χ4n) is 1.96. The molecule has 1 amide bonds. The largest absolute Gasteiger partial charge is 0.326 e. The zero-order chi connectivity index (χ0) is 14.8. The number of nitrogens with one attached hydrogen (secondary N) is 1. The van der Waals surface area contributed by atoms with E-state index in [1.54, 1.807) is 29.4 Å². The Morgan fingerprint density at radius 1 is 1.24 bits per heavy atom. The highest BCUT2D eigenvalue weighted by Gasteiger charge is 2.08. The number of rotatable bonds is 3. The first-order valence-corrected chi connectivity index (χ1v) is 8.02. The summed E-state index contributed by atoms with van der Waals surface area (Å²) < 4.78 is 0. The van der Waals surface area contributed by atoms with Gasteiger partial charge in [0.1, 0.15) is 16.2 Å². The molecule has 3 rings (SSSR count). The monoisotopic (exact) mass is 315 g/mol. The van der Waals surface area contributed by atoms with Gasteiger partial charge in [0.15, 0.2) is 0 Å². The maximum Gasteiger partial charge on any atom is 0.221 e. The van der Waals surface area contributed by atoms with Crippen LogP contribution < -0.4 is 5.32 Å². The van der Waals surface area contributed by atoms with Crippen LogP contribution in [0.5, 0.6) is 0 Å². The molecule has 0 saturated heterocycles. The quantitative estimate of drug-likeness (QED) is 0.739. The van der Waals surface area contributed by atoms with Crippen molar-refractivity contribution in [3.8, 4) is 0 Å². The lowest BCUT2D eigenvalue weighted by Crippen LogP contribution is -2.05. The molecule has 0 aliphatic heterocycles. The van der Waals surface area contributed by atoms with E-state index in [1.165, 1.54) is 11.8 Å². The number of fused-ring (bicyclic) bond motifs is 1. The number of thiophene rings is 1. The van der Waals surface area contributed by atoms with Gasteiger partial charge in [0.05, 0.1) is 0 Å². The van der Waals surface area contributed by atoms with Crippen molar-refractivity contribution >= 4 is 44.9 Å². The number of aromatic nitrogens is 2. The maximum absolute atomic E-state index is 11.0. The Bertz CT molecular complexity index is 796. The molecule has 3 aromatic rings. The fourth-order valence-corrected chi connectivity index (χ4v) is 3.73. The summed E-state index contributed by atoms with van der Waals surface area (Å²) in [4.78, 5) is 23.0. The molecule has 106 valence electrons. The predicted octanol–water partition coefficient (Wildman–Crippen LogP) is 4.11. The van der Waals surface area contributed by atoms with Crippen molar-refractivity contribution in [2.45, 2.75) is 23.8 Å². The van der Waals surface area contributed by atoms with Crippen LogP contribution in [0.15, 0.2) is 46.6 Å². The molecular formula is C15H13N3OS2. The second kappa shape index (κ2) is 5.83. The molecule has 0 unspecified atom stereocenters. The van der Waals surface area contributed by atoms with Gasteiger partial charge in [-0.05, 0) is 37.3 Å². The highest BCUT2D eigenvalue weighted by atomic mass is 32.2. The number of anilines is 1. The summed E-state index contributed by atoms with van der Waals surface area (Å²) in [6.07, 6.45) is 1.60. The molecule has 0 aliphatic carbocycles. The Hall–Kier alpha value is -1.92. The first-order chi connectivity index (χ1) is 10.1. The third kappa shape index (κ3) is 3.22. The maximum atomic E-state index is 11.0. The van der Waals surface area contributed by atoms with Crippen LogP contribution in [0.4, 0.5) is 5.69 Å². The van der Waals surface area contributed by atoms with Gasteiger partial charge >= 0.3 is 0 Å². The van der Waals surface area contributed by atoms with Crippen LogP contribution in [0.3, 0.4) is 0 Å². The molecule has 0 spiro atoms. The molecule has 4 nitrogen and oxygen atoms in total. The third-order valence-corrected chi connectivity index (χ3v) is 4.79. The minimum Gasteiger partial charge on any atom is -0.326 e. The summed E-state index contributed by atoms with van der Waals surface area (Å²) >= 11 is 3.28. The Labute approximate surface area is 130 Å². The van der Waals surface area contributed by atoms with Gasteiger partial charge in [-0.1, -0.05) is 11.8 Å². The zero-order valence-corrected chi connectivity index (χ0v) is 13.2. The van der Waals surface area contributed by atoms with Crippen molar-refractivity contribution < 1.29 is 4.79 Å². The van der Waals surface area contributed by atoms with Crippen LogP contribution in [-0.4, -0.2) is 15.9 Å². The molecule has 0 radical (unpaired) electrons. The van der Waals surface area contributed by atoms with Gasteiger partial charge in [-0.3, -0.25) is 4.79 Å². The van der Waals surface area contributed by atoms with E-state index in [2.05, 4.69) is 28.3 Å². The molecule has 1 aromatic carbocycles. The molecule has 21 heavy (non-hydrogen) atoms. The topological polar surface area (TPSA) is 54.9 Å². The van der Waals surface area contributed by atoms with Crippen LogP contribution in [0.25, 0.3) is 10.2 Å². The van der Waals surface area contributed by atoms with Gasteiger partial charge < -0.3 is 5.32 Å². The third-order valence-electron chi connectivity index (χ3n) is 2.81. The van der Waals surface area contributed by atoms with Gasteiger partial charge in [-0.2, -0.15) is 0 Å². The number of nitrogens with zero attached hydrogens (tertiary/aromatic N) is 2. The van der Waals surface area contributed by atoms with Crippen LogP contribution in [0.1, 0.15) is 11.8 Å². The molecule has 0 saturated carbocycles. The minimum absolute atomic E-state index is 0.0679. The Balaban J connectivity index is 1.86. The molecule has 0 fully saturated rings. The van der Waals surface area contributed by atoms with Crippen LogP contribution >= 0.6 is 23.1 Å². The summed E-state index contributed by atoms with van der Waals surface area (Å²) in [5, 5.41) is 4.81. The standard InChI is InChI=1S/C15H13N3OS2/c1-9-7-13-14(20-9)16-8-17-15(13)21-12-5-3-11(4-6-12)18-10(2)19/h3-8H,1-2H3,(H,18,19). The minimum atomic E-state index is -0.0679. The molecule has 6 heteroatoms. The van der Waals surface area contributed by atoms with Crippen LogP contribution in [0, 0.1) is 6.92 Å². The van der Waals surface area contributed by atoms with Gasteiger partial charge in [0, 0.05) is 27.8 Å². The zero-order valence-electron chi connectivity index (χ0n) is 11.6. The lowest BCUT2D eigenvalue weighted by Gasteiger charge is -2.04. The fraction of sp³-hybridized carbons (Fsp3) is 0.133. The van der Waals surface area contributed by atoms with Crippen LogP contribution in [0.2, 0.25) is 0 Å². The first-order valence-electron chi connectivity index (χ1n) is 6.38. The summed E-state index contributed by atoms with van der Waals surface area (Å²) in [6.45, 7) is 3.57. The number of hydrogen-bond donors (Lipinski definition) is 1. The van der Waals surface area contributed by atoms with E-state index in [1.807, 2.05) is 24.3 Å². The molecule has 2 aromatic heterocycles. The molecule has 0 aliphatic rings. The van der Waals surface area contributed by atoms with E-state index >= 15 is 0 Å². The van der Waals surface area contributed by atoms with Crippen molar-refractivity contribution in [2.75, 3.05) is 5.32 Å². The highest BCUT2D eigenvalue weighted by Crippen LogP contribution is 2.34. The van der Waals surface area contributed by atoms with E-state index < -0.39 is 0 Å². The van der Waals surface area contributed by atoms with E-state index in [0.29, 0.717) is 0 Å². The lowest BCUT2D eigenvalue weighted by atomic mass is 10.3. The number of aryl methyl sites for hydroxylation is 1. The Kier molecular flexibility index (Phi) is 3.90. The average molecular weight is 315 g/mol. The van der Waals surface area contributed by atoms with Crippen molar-refractivity contribution in [3.63, 3.8) is 0 Å². The first kappa shape index (κ1) is 14.0. The van der Waals surface area contributed by atoms with Crippen molar-refractivity contribution in [3.05, 3.63) is 41.5 Å². The van der Waals surface area contributed by atoms with Gasteiger partial charge in [0.25, 0.3) is 0 Å².